The van der Waals surface area contributed by atoms with E-state index in [4.69, 9.17) is 9.15 Å². The van der Waals surface area contributed by atoms with Crippen molar-refractivity contribution in [3.63, 3.8) is 0 Å². The molecule has 6 nitrogen and oxygen atoms in total. The Morgan fingerprint density at radius 2 is 2.04 bits per heavy atom. The van der Waals surface area contributed by atoms with Gasteiger partial charge in [0.1, 0.15) is 11.8 Å². The zero-order valence-corrected chi connectivity index (χ0v) is 14.1. The maximum Gasteiger partial charge on any atom is 0.236 e. The lowest BCUT2D eigenvalue weighted by atomic mass is 10.1. The summed E-state index contributed by atoms with van der Waals surface area (Å²) in [6.45, 7) is 4.68. The third-order valence-electron chi connectivity index (χ3n) is 3.51. The molecule has 3 rings (SSSR count). The molecule has 0 atom stereocenters. The monoisotopic (exact) mass is 334 g/mol. The van der Waals surface area contributed by atoms with Crippen LogP contribution in [-0.2, 0) is 13.2 Å². The number of benzene rings is 1. The third-order valence-corrected chi connectivity index (χ3v) is 3.51. The SMILES string of the molecule is Cc1cc(C)cc(OCc2nc(C#N)c(NCc3cccnc3)o2)c1. The number of pyridine rings is 1. The van der Waals surface area contributed by atoms with Crippen LogP contribution in [0.5, 0.6) is 5.75 Å². The molecule has 6 heteroatoms. The molecule has 0 aliphatic rings. The van der Waals surface area contributed by atoms with Gasteiger partial charge in [-0.25, -0.2) is 0 Å². The lowest BCUT2D eigenvalue weighted by Gasteiger charge is -2.06. The number of hydrogen-bond donors (Lipinski definition) is 1. The van der Waals surface area contributed by atoms with Gasteiger partial charge in [0, 0.05) is 18.9 Å². The van der Waals surface area contributed by atoms with Crippen LogP contribution in [0.15, 0.2) is 47.1 Å². The van der Waals surface area contributed by atoms with E-state index in [2.05, 4.69) is 21.4 Å². The van der Waals surface area contributed by atoms with E-state index in [-0.39, 0.29) is 12.3 Å². The number of nitrogens with zero attached hydrogens (tertiary/aromatic N) is 3. The highest BCUT2D eigenvalue weighted by Gasteiger charge is 2.13. The lowest BCUT2D eigenvalue weighted by molar-refractivity contribution is 0.264. The molecule has 0 spiro atoms. The average molecular weight is 334 g/mol. The van der Waals surface area contributed by atoms with Crippen LogP contribution < -0.4 is 10.1 Å². The van der Waals surface area contributed by atoms with E-state index in [9.17, 15) is 5.26 Å². The number of anilines is 1. The van der Waals surface area contributed by atoms with Gasteiger partial charge in [0.05, 0.1) is 0 Å². The van der Waals surface area contributed by atoms with E-state index in [1.807, 2.05) is 44.2 Å². The number of aryl methyl sites for hydroxylation is 2. The molecule has 2 aromatic heterocycles. The number of ether oxygens (including phenoxy) is 1. The smallest absolute Gasteiger partial charge is 0.236 e. The molecule has 3 aromatic rings. The second-order valence-corrected chi connectivity index (χ2v) is 5.72. The predicted octanol–water partition coefficient (Wildman–Crippen LogP) is 3.75. The van der Waals surface area contributed by atoms with Gasteiger partial charge in [-0.1, -0.05) is 12.1 Å². The van der Waals surface area contributed by atoms with Crippen LogP contribution in [0.1, 0.15) is 28.3 Å². The Hall–Kier alpha value is -3.33. The molecule has 0 aliphatic heterocycles. The minimum Gasteiger partial charge on any atom is -0.484 e. The van der Waals surface area contributed by atoms with Gasteiger partial charge in [-0.2, -0.15) is 10.2 Å². The van der Waals surface area contributed by atoms with Crippen LogP contribution in [0.3, 0.4) is 0 Å². The standard InChI is InChI=1S/C19H18N4O2/c1-13-6-14(2)8-16(7-13)24-12-18-23-17(9-20)19(25-18)22-11-15-4-3-5-21-10-15/h3-8,10,22H,11-12H2,1-2H3. The molecule has 0 saturated heterocycles. The van der Waals surface area contributed by atoms with Crippen molar-refractivity contribution in [1.29, 1.82) is 5.26 Å². The van der Waals surface area contributed by atoms with Crippen LogP contribution in [0, 0.1) is 25.2 Å². The van der Waals surface area contributed by atoms with Crippen molar-refractivity contribution in [2.24, 2.45) is 0 Å². The first kappa shape index (κ1) is 16.5. The summed E-state index contributed by atoms with van der Waals surface area (Å²) in [6, 6.07) is 11.8. The molecule has 0 bridgehead atoms. The molecule has 0 amide bonds. The summed E-state index contributed by atoms with van der Waals surface area (Å²) in [5, 5.41) is 12.3. The van der Waals surface area contributed by atoms with Crippen molar-refractivity contribution in [2.45, 2.75) is 27.0 Å². The number of rotatable bonds is 6. The molecule has 25 heavy (non-hydrogen) atoms. The Kier molecular flexibility index (Phi) is 4.95. The van der Waals surface area contributed by atoms with Gasteiger partial charge in [0.15, 0.2) is 6.61 Å². The second-order valence-electron chi connectivity index (χ2n) is 5.72. The summed E-state index contributed by atoms with van der Waals surface area (Å²) >= 11 is 0. The molecular weight excluding hydrogens is 316 g/mol. The maximum atomic E-state index is 9.22. The van der Waals surface area contributed by atoms with Gasteiger partial charge in [0.25, 0.3) is 0 Å². The Morgan fingerprint density at radius 1 is 1.24 bits per heavy atom. The van der Waals surface area contributed by atoms with Crippen molar-refractivity contribution in [1.82, 2.24) is 9.97 Å². The van der Waals surface area contributed by atoms with Gasteiger partial charge < -0.3 is 14.5 Å². The van der Waals surface area contributed by atoms with Gasteiger partial charge in [0.2, 0.25) is 17.5 Å². The average Bonchev–Trinajstić information content (AvgIpc) is 3.00. The fourth-order valence-corrected chi connectivity index (χ4v) is 2.47. The van der Waals surface area contributed by atoms with E-state index in [0.29, 0.717) is 18.3 Å². The van der Waals surface area contributed by atoms with Crippen LogP contribution in [0.25, 0.3) is 0 Å². The molecule has 1 aromatic carbocycles. The highest BCUT2D eigenvalue weighted by atomic mass is 16.5. The minimum absolute atomic E-state index is 0.159. The Balaban J connectivity index is 1.66. The number of aromatic nitrogens is 2. The van der Waals surface area contributed by atoms with Crippen molar-refractivity contribution in [2.75, 3.05) is 5.32 Å². The zero-order chi connectivity index (χ0) is 17.6. The predicted molar refractivity (Wildman–Crippen MR) is 93.0 cm³/mol. The minimum atomic E-state index is 0.159. The normalized spacial score (nSPS) is 10.3. The molecule has 2 heterocycles. The van der Waals surface area contributed by atoms with E-state index in [0.717, 1.165) is 22.4 Å². The molecule has 0 aliphatic carbocycles. The first-order valence-corrected chi connectivity index (χ1v) is 7.87. The summed E-state index contributed by atoms with van der Waals surface area (Å²) < 4.78 is 11.3. The fourth-order valence-electron chi connectivity index (χ4n) is 2.47. The Morgan fingerprint density at radius 3 is 2.72 bits per heavy atom. The molecule has 0 radical (unpaired) electrons. The zero-order valence-electron chi connectivity index (χ0n) is 14.1. The molecule has 0 fully saturated rings. The number of oxazole rings is 1. The second kappa shape index (κ2) is 7.49. The first-order chi connectivity index (χ1) is 12.1. The third kappa shape index (κ3) is 4.36. The molecule has 1 N–H and O–H groups in total. The Labute approximate surface area is 146 Å². The van der Waals surface area contributed by atoms with Crippen molar-refractivity contribution in [3.8, 4) is 11.8 Å². The van der Waals surface area contributed by atoms with Crippen LogP contribution >= 0.6 is 0 Å². The lowest BCUT2D eigenvalue weighted by Crippen LogP contribution is -2.00. The van der Waals surface area contributed by atoms with Gasteiger partial charge >= 0.3 is 0 Å². The summed E-state index contributed by atoms with van der Waals surface area (Å²) in [5.74, 6) is 1.44. The summed E-state index contributed by atoms with van der Waals surface area (Å²) in [4.78, 5) is 8.22. The van der Waals surface area contributed by atoms with E-state index in [1.165, 1.54) is 0 Å². The van der Waals surface area contributed by atoms with Crippen molar-refractivity contribution in [3.05, 3.63) is 71.0 Å². The molecule has 0 unspecified atom stereocenters. The quantitative estimate of drug-likeness (QED) is 0.739. The van der Waals surface area contributed by atoms with Gasteiger partial charge in [-0.05, 0) is 48.7 Å². The highest BCUT2D eigenvalue weighted by molar-refractivity contribution is 5.45. The first-order valence-electron chi connectivity index (χ1n) is 7.87. The van der Waals surface area contributed by atoms with Crippen molar-refractivity contribution < 1.29 is 9.15 Å². The van der Waals surface area contributed by atoms with Crippen molar-refractivity contribution >= 4 is 5.88 Å². The maximum absolute atomic E-state index is 9.22. The van der Waals surface area contributed by atoms with E-state index in [1.54, 1.807) is 12.4 Å². The van der Waals surface area contributed by atoms with E-state index < -0.39 is 0 Å². The summed E-state index contributed by atoms with van der Waals surface area (Å²) in [7, 11) is 0. The van der Waals surface area contributed by atoms with Gasteiger partial charge in [-0.3, -0.25) is 4.98 Å². The number of nitriles is 1. The fraction of sp³-hybridized carbons (Fsp3) is 0.211. The van der Waals surface area contributed by atoms with Gasteiger partial charge in [-0.15, -0.1) is 0 Å². The van der Waals surface area contributed by atoms with Crippen LogP contribution in [0.2, 0.25) is 0 Å². The molecule has 126 valence electrons. The largest absolute Gasteiger partial charge is 0.484 e. The molecule has 0 saturated carbocycles. The van der Waals surface area contributed by atoms with E-state index >= 15 is 0 Å². The Bertz CT molecular complexity index is 877. The molecular formula is C19H18N4O2. The summed E-state index contributed by atoms with van der Waals surface area (Å²) in [5.41, 5.74) is 3.44. The number of hydrogen-bond acceptors (Lipinski definition) is 6. The van der Waals surface area contributed by atoms with Crippen LogP contribution in [0.4, 0.5) is 5.88 Å². The topological polar surface area (TPSA) is 84.0 Å². The highest BCUT2D eigenvalue weighted by Crippen LogP contribution is 2.21. The van der Waals surface area contributed by atoms with Crippen LogP contribution in [-0.4, -0.2) is 9.97 Å². The number of nitrogens with one attached hydrogen (secondary N) is 1. The summed E-state index contributed by atoms with van der Waals surface area (Å²) in [6.07, 6.45) is 3.46.